The number of sulfone groups is 1. The summed E-state index contributed by atoms with van der Waals surface area (Å²) in [7, 11) is -4.75. The monoisotopic (exact) mass is 462 g/mol. The molecular weight excluding hydrogens is 436 g/mol. The van der Waals surface area contributed by atoms with E-state index in [4.69, 9.17) is 5.11 Å². The Labute approximate surface area is 185 Å². The predicted octanol–water partition coefficient (Wildman–Crippen LogP) is 2.90. The third-order valence-electron chi connectivity index (χ3n) is 6.00. The Bertz CT molecular complexity index is 1120. The van der Waals surface area contributed by atoms with Crippen molar-refractivity contribution in [3.63, 3.8) is 0 Å². The first-order valence-corrected chi connectivity index (χ1v) is 13.4. The maximum absolute atomic E-state index is 13.1. The molecule has 2 aliphatic rings. The standard InChI is InChI=1S/C22H26N2O5S2/c1-31(28,29)17-7-8-21-19(15-17)24(18-5-2-3-6-20(18)30(21)27)12-4-11-23-13-9-16(10-14-23)22(25)26/h2-3,5-8,15-16H,4,9-14H2,1H3,(H,25,26). The molecule has 1 atom stereocenters. The Kier molecular flexibility index (Phi) is 6.18. The molecule has 0 spiro atoms. The summed E-state index contributed by atoms with van der Waals surface area (Å²) >= 11 is 0. The minimum absolute atomic E-state index is 0.211. The molecule has 0 aromatic heterocycles. The van der Waals surface area contributed by atoms with Gasteiger partial charge in [-0.3, -0.25) is 4.79 Å². The molecule has 0 saturated carbocycles. The van der Waals surface area contributed by atoms with Crippen LogP contribution in [0, 0.1) is 5.92 Å². The third kappa shape index (κ3) is 4.53. The van der Waals surface area contributed by atoms with Crippen molar-refractivity contribution in [2.45, 2.75) is 33.9 Å². The second-order valence-electron chi connectivity index (χ2n) is 8.10. The summed E-state index contributed by atoms with van der Waals surface area (Å²) in [6.45, 7) is 3.02. The highest BCUT2D eigenvalue weighted by Gasteiger charge is 2.29. The number of carboxylic acid groups (broad SMARTS) is 1. The first kappa shape index (κ1) is 22.0. The third-order valence-corrected chi connectivity index (χ3v) is 8.60. The van der Waals surface area contributed by atoms with Crippen LogP contribution in [0.1, 0.15) is 19.3 Å². The van der Waals surface area contributed by atoms with E-state index in [2.05, 4.69) is 9.80 Å². The van der Waals surface area contributed by atoms with Gasteiger partial charge in [0.2, 0.25) is 0 Å². The van der Waals surface area contributed by atoms with Gasteiger partial charge in [0, 0.05) is 12.8 Å². The van der Waals surface area contributed by atoms with Gasteiger partial charge in [-0.1, -0.05) is 12.1 Å². The van der Waals surface area contributed by atoms with Crippen LogP contribution >= 0.6 is 0 Å². The first-order chi connectivity index (χ1) is 14.8. The zero-order valence-electron chi connectivity index (χ0n) is 17.4. The molecule has 2 aliphatic heterocycles. The van der Waals surface area contributed by atoms with Crippen LogP contribution in [0.2, 0.25) is 0 Å². The summed E-state index contributed by atoms with van der Waals surface area (Å²) < 4.78 is 37.3. The largest absolute Gasteiger partial charge is 0.481 e. The number of para-hydroxylation sites is 1. The van der Waals surface area contributed by atoms with Crippen molar-refractivity contribution in [2.24, 2.45) is 5.92 Å². The summed E-state index contributed by atoms with van der Waals surface area (Å²) in [6.07, 6.45) is 3.33. The number of hydrogen-bond donors (Lipinski definition) is 1. The number of fused-ring (bicyclic) bond motifs is 2. The topological polar surface area (TPSA) is 95.0 Å². The van der Waals surface area contributed by atoms with Crippen molar-refractivity contribution in [1.82, 2.24) is 4.90 Å². The molecule has 9 heteroatoms. The number of carboxylic acids is 1. The molecule has 2 aromatic carbocycles. The molecule has 0 amide bonds. The van der Waals surface area contributed by atoms with Crippen LogP contribution in [0.15, 0.2) is 57.2 Å². The Balaban J connectivity index is 1.55. The lowest BCUT2D eigenvalue weighted by atomic mass is 9.97. The number of carbonyl (C=O) groups is 1. The Morgan fingerprint density at radius 2 is 1.74 bits per heavy atom. The average molecular weight is 463 g/mol. The Morgan fingerprint density at radius 1 is 1.06 bits per heavy atom. The van der Waals surface area contributed by atoms with Crippen LogP contribution in [0.4, 0.5) is 11.4 Å². The number of benzene rings is 2. The van der Waals surface area contributed by atoms with Gasteiger partial charge in [-0.25, -0.2) is 12.6 Å². The smallest absolute Gasteiger partial charge is 0.306 e. The van der Waals surface area contributed by atoms with Gasteiger partial charge < -0.3 is 14.9 Å². The van der Waals surface area contributed by atoms with Crippen LogP contribution in [-0.4, -0.2) is 61.0 Å². The molecule has 0 bridgehead atoms. The summed E-state index contributed by atoms with van der Waals surface area (Å²) in [5.41, 5.74) is 1.51. The van der Waals surface area contributed by atoms with E-state index in [-0.39, 0.29) is 10.8 Å². The fourth-order valence-corrected chi connectivity index (χ4v) is 6.28. The van der Waals surface area contributed by atoms with Crippen LogP contribution in [0.25, 0.3) is 0 Å². The summed E-state index contributed by atoms with van der Waals surface area (Å²) in [4.78, 5) is 17.0. The molecule has 0 radical (unpaired) electrons. The molecule has 2 heterocycles. The first-order valence-electron chi connectivity index (χ1n) is 10.3. The van der Waals surface area contributed by atoms with E-state index in [1.807, 2.05) is 24.3 Å². The lowest BCUT2D eigenvalue weighted by Gasteiger charge is -2.34. The van der Waals surface area contributed by atoms with E-state index in [1.54, 1.807) is 12.1 Å². The number of rotatable bonds is 6. The van der Waals surface area contributed by atoms with E-state index in [9.17, 15) is 17.4 Å². The molecule has 166 valence electrons. The molecule has 1 saturated heterocycles. The number of hydrogen-bond acceptors (Lipinski definition) is 6. The molecule has 31 heavy (non-hydrogen) atoms. The second kappa shape index (κ2) is 8.72. The quantitative estimate of drug-likeness (QED) is 0.705. The van der Waals surface area contributed by atoms with Crippen molar-refractivity contribution in [2.75, 3.05) is 37.3 Å². The molecule has 1 fully saturated rings. The number of anilines is 2. The van der Waals surface area contributed by atoms with E-state index in [0.29, 0.717) is 30.0 Å². The van der Waals surface area contributed by atoms with Crippen molar-refractivity contribution >= 4 is 38.0 Å². The molecule has 1 unspecified atom stereocenters. The van der Waals surface area contributed by atoms with E-state index >= 15 is 0 Å². The number of aliphatic carboxylic acids is 1. The van der Waals surface area contributed by atoms with Crippen molar-refractivity contribution in [3.05, 3.63) is 42.5 Å². The van der Waals surface area contributed by atoms with Gasteiger partial charge in [0.15, 0.2) is 9.84 Å². The highest BCUT2D eigenvalue weighted by Crippen LogP contribution is 2.42. The Morgan fingerprint density at radius 3 is 2.42 bits per heavy atom. The highest BCUT2D eigenvalue weighted by molar-refractivity contribution is 7.90. The second-order valence-corrected chi connectivity index (χ2v) is 11.5. The molecular formula is C22H26N2O5S2. The van der Waals surface area contributed by atoms with Crippen molar-refractivity contribution in [3.8, 4) is 0 Å². The van der Waals surface area contributed by atoms with Crippen LogP contribution in [-0.2, 0) is 25.4 Å². The number of piperidine rings is 1. The van der Waals surface area contributed by atoms with Crippen molar-refractivity contribution < 1.29 is 22.5 Å². The average Bonchev–Trinajstić information content (AvgIpc) is 2.75. The van der Waals surface area contributed by atoms with Gasteiger partial charge in [-0.05, 0) is 69.2 Å². The van der Waals surface area contributed by atoms with Gasteiger partial charge >= 0.3 is 5.97 Å². The fourth-order valence-electron chi connectivity index (χ4n) is 4.28. The van der Waals surface area contributed by atoms with E-state index in [1.165, 1.54) is 12.3 Å². The van der Waals surface area contributed by atoms with Crippen molar-refractivity contribution in [1.29, 1.82) is 0 Å². The normalized spacial score (nSPS) is 19.6. The minimum Gasteiger partial charge on any atom is -0.481 e. The molecule has 1 N–H and O–H groups in total. The molecule has 2 aromatic rings. The Hall–Kier alpha value is -2.23. The SMILES string of the molecule is CS(=O)(=O)c1ccc2c(c1)N(CCCN1CCC(C(=O)O)CC1)c1ccccc1S2=O. The maximum atomic E-state index is 13.1. The summed E-state index contributed by atoms with van der Waals surface area (Å²) in [5, 5.41) is 9.16. The van der Waals surface area contributed by atoms with Crippen LogP contribution in [0.3, 0.4) is 0 Å². The van der Waals surface area contributed by atoms with Gasteiger partial charge in [0.1, 0.15) is 0 Å². The van der Waals surface area contributed by atoms with Gasteiger partial charge in [-0.15, -0.1) is 0 Å². The molecule has 4 rings (SSSR count). The minimum atomic E-state index is -3.39. The fraction of sp³-hybridized carbons (Fsp3) is 0.409. The van der Waals surface area contributed by atoms with Gasteiger partial charge in [0.25, 0.3) is 0 Å². The van der Waals surface area contributed by atoms with Crippen LogP contribution in [0.5, 0.6) is 0 Å². The predicted molar refractivity (Wildman–Crippen MR) is 119 cm³/mol. The highest BCUT2D eigenvalue weighted by atomic mass is 32.2. The number of nitrogens with zero attached hydrogens (tertiary/aromatic N) is 2. The zero-order chi connectivity index (χ0) is 22.2. The van der Waals surface area contributed by atoms with Gasteiger partial charge in [0.05, 0.1) is 42.8 Å². The summed E-state index contributed by atoms with van der Waals surface area (Å²) in [6, 6.07) is 12.3. The van der Waals surface area contributed by atoms with Crippen LogP contribution < -0.4 is 4.90 Å². The van der Waals surface area contributed by atoms with Gasteiger partial charge in [-0.2, -0.15) is 0 Å². The van der Waals surface area contributed by atoms with E-state index < -0.39 is 26.6 Å². The van der Waals surface area contributed by atoms with E-state index in [0.717, 1.165) is 36.6 Å². The lowest BCUT2D eigenvalue weighted by molar-refractivity contribution is -0.143. The lowest BCUT2D eigenvalue weighted by Crippen LogP contribution is -2.38. The number of likely N-dealkylation sites (tertiary alicyclic amines) is 1. The molecule has 0 aliphatic carbocycles. The maximum Gasteiger partial charge on any atom is 0.306 e. The summed E-state index contributed by atoms with van der Waals surface area (Å²) in [5.74, 6) is -0.961. The molecule has 7 nitrogen and oxygen atoms in total. The zero-order valence-corrected chi connectivity index (χ0v) is 19.0.